The molecular formula is C50H30O. The topological polar surface area (TPSA) is 9.23 Å². The van der Waals surface area contributed by atoms with Gasteiger partial charge in [0.1, 0.15) is 11.5 Å². The van der Waals surface area contributed by atoms with Crippen LogP contribution in [0.15, 0.2) is 182 Å². The first-order valence-corrected chi connectivity index (χ1v) is 17.6. The van der Waals surface area contributed by atoms with E-state index in [1.807, 2.05) is 0 Å². The highest BCUT2D eigenvalue weighted by Crippen LogP contribution is 2.53. The lowest BCUT2D eigenvalue weighted by Gasteiger charge is -2.25. The van der Waals surface area contributed by atoms with Crippen LogP contribution in [-0.4, -0.2) is 0 Å². The van der Waals surface area contributed by atoms with E-state index in [0.29, 0.717) is 0 Å². The van der Waals surface area contributed by atoms with Gasteiger partial charge in [-0.3, -0.25) is 0 Å². The summed E-state index contributed by atoms with van der Waals surface area (Å²) < 4.78 is 6.82. The molecule has 0 amide bonds. The summed E-state index contributed by atoms with van der Waals surface area (Å²) in [7, 11) is 0. The van der Waals surface area contributed by atoms with Gasteiger partial charge in [-0.05, 0) is 100 Å². The lowest BCUT2D eigenvalue weighted by atomic mass is 9.81. The zero-order valence-electron chi connectivity index (χ0n) is 27.7. The van der Waals surface area contributed by atoms with Crippen LogP contribution in [-0.2, 0) is 0 Å². The van der Waals surface area contributed by atoms with Crippen LogP contribution in [0.3, 0.4) is 0 Å². The third-order valence-electron chi connectivity index (χ3n) is 10.8. The largest absolute Gasteiger partial charge is 0.455 e. The molecular weight excluding hydrogens is 617 g/mol. The molecule has 0 spiro atoms. The molecule has 0 aromatic heterocycles. The summed E-state index contributed by atoms with van der Waals surface area (Å²) in [6, 6.07) is 66.2. The molecule has 0 aliphatic carbocycles. The second-order valence-electron chi connectivity index (χ2n) is 13.5. The Hall–Kier alpha value is -6.70. The monoisotopic (exact) mass is 646 g/mol. The number of ether oxygens (including phenoxy) is 1. The van der Waals surface area contributed by atoms with Crippen LogP contribution < -0.4 is 4.74 Å². The molecule has 0 saturated heterocycles. The van der Waals surface area contributed by atoms with E-state index in [2.05, 4.69) is 182 Å². The van der Waals surface area contributed by atoms with Gasteiger partial charge in [0, 0.05) is 16.3 Å². The fraction of sp³-hybridized carbons (Fsp3) is 0. The Morgan fingerprint density at radius 2 is 0.882 bits per heavy atom. The molecule has 0 saturated carbocycles. The molecule has 1 heteroatoms. The van der Waals surface area contributed by atoms with E-state index in [0.717, 1.165) is 27.8 Å². The van der Waals surface area contributed by atoms with Crippen molar-refractivity contribution < 1.29 is 4.74 Å². The van der Waals surface area contributed by atoms with Gasteiger partial charge in [0.2, 0.25) is 0 Å². The smallest absolute Gasteiger partial charge is 0.143 e. The van der Waals surface area contributed by atoms with Crippen molar-refractivity contribution in [2.45, 2.75) is 0 Å². The number of hydrogen-bond donors (Lipinski definition) is 0. The lowest BCUT2D eigenvalue weighted by molar-refractivity contribution is 0.493. The molecule has 51 heavy (non-hydrogen) atoms. The van der Waals surface area contributed by atoms with E-state index in [1.165, 1.54) is 82.0 Å². The van der Waals surface area contributed by atoms with Crippen LogP contribution in [0.25, 0.3) is 98.4 Å². The van der Waals surface area contributed by atoms with Gasteiger partial charge in [-0.2, -0.15) is 0 Å². The molecule has 1 nitrogen and oxygen atoms in total. The van der Waals surface area contributed by atoms with Crippen molar-refractivity contribution in [3.63, 3.8) is 0 Å². The first kappa shape index (κ1) is 28.2. The number of benzene rings is 10. The lowest BCUT2D eigenvalue weighted by Crippen LogP contribution is -1.99. The van der Waals surface area contributed by atoms with Gasteiger partial charge in [0.05, 0.1) is 0 Å². The minimum Gasteiger partial charge on any atom is -0.455 e. The Labute approximate surface area is 295 Å². The molecule has 10 aromatic carbocycles. The van der Waals surface area contributed by atoms with E-state index >= 15 is 0 Å². The van der Waals surface area contributed by atoms with Gasteiger partial charge in [-0.25, -0.2) is 0 Å². The Morgan fingerprint density at radius 1 is 0.275 bits per heavy atom. The summed E-state index contributed by atoms with van der Waals surface area (Å²) in [6.07, 6.45) is 0. The predicted octanol–water partition coefficient (Wildman–Crippen LogP) is 14.2. The maximum absolute atomic E-state index is 6.82. The van der Waals surface area contributed by atoms with Crippen LogP contribution in [0.2, 0.25) is 0 Å². The van der Waals surface area contributed by atoms with Gasteiger partial charge >= 0.3 is 0 Å². The fourth-order valence-corrected chi connectivity index (χ4v) is 8.68. The molecule has 0 N–H and O–H groups in total. The Balaban J connectivity index is 1.28. The molecule has 1 aliphatic rings. The van der Waals surface area contributed by atoms with Gasteiger partial charge in [-0.15, -0.1) is 0 Å². The summed E-state index contributed by atoms with van der Waals surface area (Å²) in [6.45, 7) is 0. The van der Waals surface area contributed by atoms with Crippen molar-refractivity contribution in [3.05, 3.63) is 182 Å². The second-order valence-corrected chi connectivity index (χ2v) is 13.5. The molecule has 0 fully saturated rings. The van der Waals surface area contributed by atoms with Crippen molar-refractivity contribution in [2.24, 2.45) is 0 Å². The minimum absolute atomic E-state index is 0.903. The maximum Gasteiger partial charge on any atom is 0.143 e. The van der Waals surface area contributed by atoms with E-state index in [-0.39, 0.29) is 0 Å². The van der Waals surface area contributed by atoms with Gasteiger partial charge in [-0.1, -0.05) is 164 Å². The molecule has 0 bridgehead atoms. The molecule has 0 atom stereocenters. The van der Waals surface area contributed by atoms with E-state index in [4.69, 9.17) is 4.74 Å². The zero-order valence-corrected chi connectivity index (χ0v) is 27.7. The average molecular weight is 647 g/mol. The molecule has 1 aliphatic heterocycles. The summed E-state index contributed by atoms with van der Waals surface area (Å²) in [4.78, 5) is 0. The number of hydrogen-bond acceptors (Lipinski definition) is 1. The van der Waals surface area contributed by atoms with Gasteiger partial charge in [0.25, 0.3) is 0 Å². The van der Waals surface area contributed by atoms with Crippen LogP contribution in [0.4, 0.5) is 0 Å². The minimum atomic E-state index is 0.903. The maximum atomic E-state index is 6.82. The Morgan fingerprint density at radius 3 is 1.69 bits per heavy atom. The fourth-order valence-electron chi connectivity index (χ4n) is 8.68. The van der Waals surface area contributed by atoms with E-state index in [1.54, 1.807) is 0 Å². The van der Waals surface area contributed by atoms with Crippen LogP contribution in [0.5, 0.6) is 11.5 Å². The molecule has 10 aromatic rings. The van der Waals surface area contributed by atoms with E-state index < -0.39 is 0 Å². The Kier molecular flexibility index (Phi) is 6.02. The van der Waals surface area contributed by atoms with Crippen molar-refractivity contribution >= 4 is 53.9 Å². The standard InChI is InChI=1S/C50H30O/c1-3-13-31(14-4-1)34-21-11-22-37-36(34)27-28-44-47(39-20-10-9-19-38(39)46(49(37)44)33-16-5-2-6-17-33)42-29-30-45-48-40(42)23-12-24-41(48)43-26-25-32-15-7-8-18-35(32)50(43)51-45/h1-30H. The molecule has 0 radical (unpaired) electrons. The molecule has 0 unspecified atom stereocenters. The predicted molar refractivity (Wildman–Crippen MR) is 216 cm³/mol. The third-order valence-corrected chi connectivity index (χ3v) is 10.8. The molecule has 11 rings (SSSR count). The van der Waals surface area contributed by atoms with Crippen LogP contribution in [0, 0.1) is 0 Å². The molecule has 1 heterocycles. The van der Waals surface area contributed by atoms with E-state index in [9.17, 15) is 0 Å². The second kappa shape index (κ2) is 10.9. The highest BCUT2D eigenvalue weighted by Gasteiger charge is 2.26. The third kappa shape index (κ3) is 4.09. The SMILES string of the molecule is c1ccc(-c2cccc3c2ccc2c(-c4ccc5c6c(cccc46)-c4ccc6ccccc6c4O5)c4ccccc4c(-c4ccccc4)c23)cc1. The van der Waals surface area contributed by atoms with Crippen molar-refractivity contribution in [1.82, 2.24) is 0 Å². The highest BCUT2D eigenvalue weighted by atomic mass is 16.5. The molecule has 236 valence electrons. The van der Waals surface area contributed by atoms with Crippen molar-refractivity contribution in [3.8, 4) is 56.0 Å². The normalized spacial score (nSPS) is 12.1. The quantitative estimate of drug-likeness (QED) is 0.137. The summed E-state index contributed by atoms with van der Waals surface area (Å²) in [5.41, 5.74) is 9.77. The van der Waals surface area contributed by atoms with Crippen molar-refractivity contribution in [1.29, 1.82) is 0 Å². The number of fused-ring (bicyclic) bond motifs is 8. The summed E-state index contributed by atoms with van der Waals surface area (Å²) in [5, 5.41) is 12.2. The zero-order chi connectivity index (χ0) is 33.5. The summed E-state index contributed by atoms with van der Waals surface area (Å²) >= 11 is 0. The van der Waals surface area contributed by atoms with Gasteiger partial charge < -0.3 is 4.74 Å². The highest BCUT2D eigenvalue weighted by molar-refractivity contribution is 6.30. The van der Waals surface area contributed by atoms with Crippen LogP contribution >= 0.6 is 0 Å². The average Bonchev–Trinajstić information content (AvgIpc) is 3.20. The first-order chi connectivity index (χ1) is 25.3. The Bertz CT molecular complexity index is 3030. The van der Waals surface area contributed by atoms with Gasteiger partial charge in [0.15, 0.2) is 0 Å². The summed E-state index contributed by atoms with van der Waals surface area (Å²) in [5.74, 6) is 1.84. The first-order valence-electron chi connectivity index (χ1n) is 17.6. The van der Waals surface area contributed by atoms with Crippen molar-refractivity contribution in [2.75, 3.05) is 0 Å². The van der Waals surface area contributed by atoms with Crippen LogP contribution in [0.1, 0.15) is 0 Å². The number of rotatable bonds is 3.